The van der Waals surface area contributed by atoms with Crippen LogP contribution in [0.25, 0.3) is 0 Å². The largest absolute Gasteiger partial charge is 0.297 e. The molecule has 0 aliphatic carbocycles. The first kappa shape index (κ1) is 18.9. The van der Waals surface area contributed by atoms with Gasteiger partial charge >= 0.3 is 0 Å². The molecule has 3 N–H and O–H groups in total. The normalized spacial score (nSPS) is 13.4. The van der Waals surface area contributed by atoms with E-state index < -0.39 is 60.1 Å². The molecule has 0 heterocycles. The quantitative estimate of drug-likeness (QED) is 0.483. The first-order valence-electron chi connectivity index (χ1n) is 4.23. The van der Waals surface area contributed by atoms with Gasteiger partial charge < -0.3 is 0 Å². The van der Waals surface area contributed by atoms with Gasteiger partial charge in [-0.05, 0) is 0 Å². The molecule has 15 heteroatoms. The smallest absolute Gasteiger partial charge is 0.282 e. The van der Waals surface area contributed by atoms with Crippen molar-refractivity contribution in [3.63, 3.8) is 0 Å². The first-order chi connectivity index (χ1) is 9.10. The summed E-state index contributed by atoms with van der Waals surface area (Å²) >= 11 is 16.2. The van der Waals surface area contributed by atoms with Gasteiger partial charge in [0.1, 0.15) is 14.7 Å². The number of hydrogen-bond acceptors (Lipinski definition) is 6. The Kier molecular flexibility index (Phi) is 4.92. The summed E-state index contributed by atoms with van der Waals surface area (Å²) in [5.74, 6) is 0. The van der Waals surface area contributed by atoms with Gasteiger partial charge in [0, 0.05) is 0 Å². The lowest BCUT2D eigenvalue weighted by molar-refractivity contribution is 0.456. The van der Waals surface area contributed by atoms with E-state index in [4.69, 9.17) is 48.5 Å². The maximum atomic E-state index is 11.2. The van der Waals surface area contributed by atoms with Crippen molar-refractivity contribution in [3.05, 3.63) is 15.1 Å². The average molecular weight is 422 g/mol. The second-order valence-corrected chi connectivity index (χ2v) is 8.56. The second-order valence-electron chi connectivity index (χ2n) is 3.35. The third-order valence-corrected chi connectivity index (χ3v) is 6.55. The summed E-state index contributed by atoms with van der Waals surface area (Å²) in [7, 11) is -16.5. The molecule has 21 heavy (non-hydrogen) atoms. The van der Waals surface area contributed by atoms with Crippen LogP contribution in [0.15, 0.2) is 14.7 Å². The summed E-state index contributed by atoms with van der Waals surface area (Å²) in [4.78, 5) is -5.41. The van der Waals surface area contributed by atoms with Crippen LogP contribution in [0.4, 0.5) is 0 Å². The zero-order chi connectivity index (χ0) is 17.0. The second kappa shape index (κ2) is 5.47. The highest BCUT2D eigenvalue weighted by molar-refractivity contribution is 7.90. The molecular formula is C6H3Cl3O9S3. The highest BCUT2D eigenvalue weighted by Crippen LogP contribution is 2.44. The van der Waals surface area contributed by atoms with Crippen molar-refractivity contribution < 1.29 is 38.9 Å². The van der Waals surface area contributed by atoms with Crippen molar-refractivity contribution in [1.29, 1.82) is 0 Å². The van der Waals surface area contributed by atoms with Crippen LogP contribution in [0, 0.1) is 0 Å². The molecule has 0 bridgehead atoms. The van der Waals surface area contributed by atoms with Crippen molar-refractivity contribution in [3.8, 4) is 0 Å². The zero-order valence-corrected chi connectivity index (χ0v) is 13.9. The van der Waals surface area contributed by atoms with Gasteiger partial charge in [-0.15, -0.1) is 0 Å². The summed E-state index contributed by atoms with van der Waals surface area (Å²) in [5.41, 5.74) is 0. The third kappa shape index (κ3) is 3.60. The summed E-state index contributed by atoms with van der Waals surface area (Å²) in [6, 6.07) is 0. The molecule has 0 amide bonds. The van der Waals surface area contributed by atoms with Crippen molar-refractivity contribution in [1.82, 2.24) is 0 Å². The van der Waals surface area contributed by atoms with E-state index in [0.29, 0.717) is 0 Å². The maximum absolute atomic E-state index is 11.2. The van der Waals surface area contributed by atoms with E-state index in [1.807, 2.05) is 0 Å². The molecule has 9 nitrogen and oxygen atoms in total. The fraction of sp³-hybridized carbons (Fsp3) is 0. The lowest BCUT2D eigenvalue weighted by Crippen LogP contribution is -2.16. The first-order valence-corrected chi connectivity index (χ1v) is 9.68. The molecule has 0 aromatic heterocycles. The third-order valence-electron chi connectivity index (χ3n) is 1.97. The Morgan fingerprint density at radius 1 is 0.524 bits per heavy atom. The minimum atomic E-state index is -5.60. The van der Waals surface area contributed by atoms with Crippen molar-refractivity contribution in [2.45, 2.75) is 14.7 Å². The predicted octanol–water partition coefficient (Wildman–Crippen LogP) is 1.39. The Morgan fingerprint density at radius 3 is 0.952 bits per heavy atom. The van der Waals surface area contributed by atoms with Gasteiger partial charge in [-0.25, -0.2) is 0 Å². The standard InChI is InChI=1S/C6H3Cl3O9S3/c7-1-2(8)4(19(10,11)12)6(21(16,17)18)5(3(1)9)20(13,14)15/h(H,10,11,12)(H,13,14,15)(H,16,17,18). The van der Waals surface area contributed by atoms with Crippen LogP contribution in [-0.2, 0) is 30.4 Å². The topological polar surface area (TPSA) is 163 Å². The van der Waals surface area contributed by atoms with Crippen LogP contribution in [-0.4, -0.2) is 38.9 Å². The van der Waals surface area contributed by atoms with Gasteiger partial charge in [-0.1, -0.05) is 34.8 Å². The molecule has 0 saturated heterocycles. The SMILES string of the molecule is O=S(=O)(O)c1c(Cl)c(Cl)c(Cl)c(S(=O)(=O)O)c1S(=O)(=O)O. The molecular weight excluding hydrogens is 419 g/mol. The van der Waals surface area contributed by atoms with E-state index in [1.54, 1.807) is 0 Å². The van der Waals surface area contributed by atoms with Crippen LogP contribution in [0.3, 0.4) is 0 Å². The molecule has 1 aromatic rings. The molecule has 120 valence electrons. The predicted molar refractivity (Wildman–Crippen MR) is 70.9 cm³/mol. The van der Waals surface area contributed by atoms with Gasteiger partial charge in [0.25, 0.3) is 30.4 Å². The molecule has 0 saturated carbocycles. The van der Waals surface area contributed by atoms with E-state index in [0.717, 1.165) is 0 Å². The van der Waals surface area contributed by atoms with Crippen LogP contribution >= 0.6 is 34.8 Å². The van der Waals surface area contributed by atoms with Crippen LogP contribution in [0.2, 0.25) is 15.1 Å². The lowest BCUT2D eigenvalue weighted by Gasteiger charge is -2.14. The molecule has 0 aliphatic heterocycles. The molecule has 0 aliphatic rings. The Bertz CT molecular complexity index is 870. The fourth-order valence-corrected chi connectivity index (χ4v) is 6.05. The summed E-state index contributed by atoms with van der Waals surface area (Å²) in [5, 5.41) is -3.31. The molecule has 0 fully saturated rings. The maximum Gasteiger partial charge on any atom is 0.297 e. The Balaban J connectivity index is 4.45. The highest BCUT2D eigenvalue weighted by Gasteiger charge is 2.39. The van der Waals surface area contributed by atoms with E-state index in [2.05, 4.69) is 0 Å². The lowest BCUT2D eigenvalue weighted by atomic mass is 10.3. The van der Waals surface area contributed by atoms with Gasteiger partial charge in [0.15, 0.2) is 0 Å². The van der Waals surface area contributed by atoms with Crippen molar-refractivity contribution >= 4 is 65.2 Å². The van der Waals surface area contributed by atoms with Gasteiger partial charge in [0.05, 0.1) is 15.1 Å². The minimum absolute atomic E-state index is 0.981. The average Bonchev–Trinajstić information content (AvgIpc) is 2.19. The molecule has 0 spiro atoms. The van der Waals surface area contributed by atoms with E-state index >= 15 is 0 Å². The fourth-order valence-electron chi connectivity index (χ4n) is 1.29. The van der Waals surface area contributed by atoms with E-state index in [1.165, 1.54) is 0 Å². The Hall–Kier alpha value is -0.180. The molecule has 0 atom stereocenters. The molecule has 0 radical (unpaired) electrons. The zero-order valence-electron chi connectivity index (χ0n) is 9.15. The van der Waals surface area contributed by atoms with Gasteiger partial charge in [-0.3, -0.25) is 13.7 Å². The van der Waals surface area contributed by atoms with E-state index in [-0.39, 0.29) is 0 Å². The summed E-state index contributed by atoms with van der Waals surface area (Å²) in [6.45, 7) is 0. The number of benzene rings is 1. The van der Waals surface area contributed by atoms with E-state index in [9.17, 15) is 25.3 Å². The molecule has 1 rings (SSSR count). The molecule has 0 unspecified atom stereocenters. The van der Waals surface area contributed by atoms with Crippen LogP contribution < -0.4 is 0 Å². The molecule has 1 aromatic carbocycles. The van der Waals surface area contributed by atoms with Crippen molar-refractivity contribution in [2.75, 3.05) is 0 Å². The monoisotopic (exact) mass is 420 g/mol. The Morgan fingerprint density at radius 2 is 0.762 bits per heavy atom. The van der Waals surface area contributed by atoms with Gasteiger partial charge in [-0.2, -0.15) is 25.3 Å². The van der Waals surface area contributed by atoms with Crippen LogP contribution in [0.1, 0.15) is 0 Å². The van der Waals surface area contributed by atoms with Crippen LogP contribution in [0.5, 0.6) is 0 Å². The van der Waals surface area contributed by atoms with Gasteiger partial charge in [0.2, 0.25) is 0 Å². The van der Waals surface area contributed by atoms with Crippen molar-refractivity contribution in [2.24, 2.45) is 0 Å². The number of hydrogen-bond donors (Lipinski definition) is 3. The summed E-state index contributed by atoms with van der Waals surface area (Å²) in [6.07, 6.45) is 0. The number of halogens is 3. The summed E-state index contributed by atoms with van der Waals surface area (Å²) < 4.78 is 94.1. The highest BCUT2D eigenvalue weighted by atomic mass is 35.5. The number of rotatable bonds is 3. The minimum Gasteiger partial charge on any atom is -0.282 e. The Labute approximate surface area is 133 Å².